The van der Waals surface area contributed by atoms with Crippen molar-refractivity contribution in [1.29, 1.82) is 0 Å². The second kappa shape index (κ2) is 13.2. The molecule has 1 aromatic carbocycles. The highest BCUT2D eigenvalue weighted by Crippen LogP contribution is 2.33. The fourth-order valence-corrected chi connectivity index (χ4v) is 5.06. The van der Waals surface area contributed by atoms with Gasteiger partial charge in [-0.15, -0.1) is 6.42 Å². The van der Waals surface area contributed by atoms with Gasteiger partial charge in [0.05, 0.1) is 0 Å². The molecule has 0 amide bonds. The zero-order valence-corrected chi connectivity index (χ0v) is 21.8. The number of allylic oxidation sites excluding steroid dienone is 9. The van der Waals surface area contributed by atoms with Crippen molar-refractivity contribution >= 4 is 5.57 Å². The first kappa shape index (κ1) is 25.9. The Morgan fingerprint density at radius 1 is 0.972 bits per heavy atom. The number of rotatable bonds is 6. The summed E-state index contributed by atoms with van der Waals surface area (Å²) in [5.74, 6) is 4.47. The Morgan fingerprint density at radius 3 is 2.58 bits per heavy atom. The molecule has 0 spiro atoms. The second-order valence-electron chi connectivity index (χ2n) is 9.95. The van der Waals surface area contributed by atoms with Gasteiger partial charge in [-0.3, -0.25) is 0 Å². The van der Waals surface area contributed by atoms with Crippen LogP contribution in [0.3, 0.4) is 0 Å². The van der Waals surface area contributed by atoms with Crippen LogP contribution in [0, 0.1) is 12.3 Å². The maximum Gasteiger partial charge on any atom is 0.136 e. The van der Waals surface area contributed by atoms with Crippen LogP contribution in [-0.2, 0) is 0 Å². The van der Waals surface area contributed by atoms with Crippen LogP contribution in [0.15, 0.2) is 83.3 Å². The normalized spacial score (nSPS) is 22.0. The van der Waals surface area contributed by atoms with Gasteiger partial charge < -0.3 is 15.4 Å². The van der Waals surface area contributed by atoms with Crippen LogP contribution in [0.5, 0.6) is 5.75 Å². The smallest absolute Gasteiger partial charge is 0.136 e. The van der Waals surface area contributed by atoms with E-state index in [2.05, 4.69) is 66.3 Å². The van der Waals surface area contributed by atoms with E-state index in [9.17, 15) is 0 Å². The summed E-state index contributed by atoms with van der Waals surface area (Å²) in [6.45, 7) is 5.10. The molecule has 0 aromatic heterocycles. The van der Waals surface area contributed by atoms with Gasteiger partial charge in [0.2, 0.25) is 0 Å². The lowest BCUT2D eigenvalue weighted by Crippen LogP contribution is -2.18. The van der Waals surface area contributed by atoms with E-state index >= 15 is 0 Å². The van der Waals surface area contributed by atoms with E-state index < -0.39 is 0 Å². The van der Waals surface area contributed by atoms with Crippen LogP contribution >= 0.6 is 0 Å². The lowest BCUT2D eigenvalue weighted by molar-refractivity contribution is 0.418. The Balaban J connectivity index is 1.72. The summed E-state index contributed by atoms with van der Waals surface area (Å²) in [5, 5.41) is 0. The van der Waals surface area contributed by atoms with Crippen LogP contribution in [-0.4, -0.2) is 24.5 Å². The van der Waals surface area contributed by atoms with Gasteiger partial charge in [-0.25, -0.2) is 0 Å². The average Bonchev–Trinajstić information content (AvgIpc) is 3.46. The standard InChI is InChI=1S/C33H40N2O/c1-3-27-16-18-32(29-13-6-4-5-12-28(15-17-29)19-20-34)33(24-27)36-31-23-26(2)11-7-8-14-30(25-31)35-21-9-10-22-35/h1,12-18,23-25H,4-11,19-22,34H2,2H3/b17-15?,26-23?,28-12-,29-13?,30-14+,31-25?. The molecule has 188 valence electrons. The predicted octanol–water partition coefficient (Wildman–Crippen LogP) is 7.44. The van der Waals surface area contributed by atoms with Gasteiger partial charge >= 0.3 is 0 Å². The van der Waals surface area contributed by atoms with Gasteiger partial charge in [-0.1, -0.05) is 47.4 Å². The van der Waals surface area contributed by atoms with Crippen LogP contribution in [0.4, 0.5) is 0 Å². The summed E-state index contributed by atoms with van der Waals surface area (Å²) in [7, 11) is 0. The van der Waals surface area contributed by atoms with E-state index in [1.807, 2.05) is 12.1 Å². The zero-order valence-electron chi connectivity index (χ0n) is 21.8. The molecule has 0 radical (unpaired) electrons. The van der Waals surface area contributed by atoms with Crippen LogP contribution in [0.2, 0.25) is 0 Å². The molecule has 0 atom stereocenters. The molecule has 0 unspecified atom stereocenters. The van der Waals surface area contributed by atoms with E-state index in [1.54, 1.807) is 0 Å². The van der Waals surface area contributed by atoms with Crippen molar-refractivity contribution in [2.24, 2.45) is 5.73 Å². The zero-order chi connectivity index (χ0) is 25.2. The molecule has 3 heteroatoms. The number of hydrogen-bond donors (Lipinski definition) is 1. The summed E-state index contributed by atoms with van der Waals surface area (Å²) in [5.41, 5.74) is 12.8. The average molecular weight is 481 g/mol. The molecule has 2 aliphatic carbocycles. The molecule has 3 aliphatic rings. The van der Waals surface area contributed by atoms with Crippen molar-refractivity contribution in [3.63, 3.8) is 0 Å². The Labute approximate surface area is 217 Å². The lowest BCUT2D eigenvalue weighted by atomic mass is 10.00. The summed E-state index contributed by atoms with van der Waals surface area (Å²) >= 11 is 0. The minimum Gasteiger partial charge on any atom is -0.457 e. The number of hydrogen-bond acceptors (Lipinski definition) is 3. The number of terminal acetylenes is 1. The third-order valence-electron chi connectivity index (χ3n) is 7.05. The molecule has 4 rings (SSSR count). The number of benzene rings is 1. The van der Waals surface area contributed by atoms with Gasteiger partial charge in [-0.2, -0.15) is 0 Å². The molecule has 0 saturated carbocycles. The largest absolute Gasteiger partial charge is 0.457 e. The number of ether oxygens (including phenoxy) is 1. The fourth-order valence-electron chi connectivity index (χ4n) is 5.06. The molecular formula is C33H40N2O. The van der Waals surface area contributed by atoms with E-state index in [0.717, 1.165) is 86.2 Å². The molecule has 1 fully saturated rings. The number of nitrogens with two attached hydrogens (primary N) is 1. The minimum atomic E-state index is 0.660. The Hall–Kier alpha value is -3.22. The van der Waals surface area contributed by atoms with Crippen LogP contribution in [0.1, 0.15) is 75.8 Å². The molecular weight excluding hydrogens is 440 g/mol. The molecule has 2 N–H and O–H groups in total. The molecule has 3 nitrogen and oxygen atoms in total. The number of likely N-dealkylation sites (tertiary alicyclic amines) is 1. The van der Waals surface area contributed by atoms with Gasteiger partial charge in [0.15, 0.2) is 0 Å². The van der Waals surface area contributed by atoms with Crippen LogP contribution in [0.25, 0.3) is 5.57 Å². The predicted molar refractivity (Wildman–Crippen MR) is 152 cm³/mol. The van der Waals surface area contributed by atoms with E-state index in [1.165, 1.54) is 29.7 Å². The quantitative estimate of drug-likeness (QED) is 0.430. The van der Waals surface area contributed by atoms with E-state index in [0.29, 0.717) is 6.54 Å². The van der Waals surface area contributed by atoms with E-state index in [4.69, 9.17) is 16.9 Å². The van der Waals surface area contributed by atoms with Gasteiger partial charge in [-0.05, 0) is 101 Å². The Kier molecular flexibility index (Phi) is 9.47. The summed E-state index contributed by atoms with van der Waals surface area (Å²) in [6, 6.07) is 6.12. The monoisotopic (exact) mass is 480 g/mol. The van der Waals surface area contributed by atoms with Gasteiger partial charge in [0.1, 0.15) is 11.5 Å². The Bertz CT molecular complexity index is 1150. The molecule has 1 saturated heterocycles. The Morgan fingerprint density at radius 2 is 1.78 bits per heavy atom. The maximum atomic E-state index is 6.72. The topological polar surface area (TPSA) is 38.5 Å². The fraction of sp³-hybridized carbons (Fsp3) is 0.394. The molecule has 1 aliphatic heterocycles. The SMILES string of the molecule is C#Cc1ccc(C2=CCCC/C=C(\CCN)C=C2)c(OC2=C/C(N3CCCC3)=C\CCCC(C)=C2)c1. The first-order valence-corrected chi connectivity index (χ1v) is 13.6. The summed E-state index contributed by atoms with van der Waals surface area (Å²) in [6.07, 6.45) is 31.6. The first-order chi connectivity index (χ1) is 17.7. The van der Waals surface area contributed by atoms with Crippen molar-refractivity contribution in [3.8, 4) is 18.1 Å². The highest BCUT2D eigenvalue weighted by Gasteiger charge is 2.16. The van der Waals surface area contributed by atoms with Crippen molar-refractivity contribution in [2.45, 2.75) is 64.7 Å². The van der Waals surface area contributed by atoms with Crippen molar-refractivity contribution in [1.82, 2.24) is 4.90 Å². The third-order valence-corrected chi connectivity index (χ3v) is 7.05. The third kappa shape index (κ3) is 7.15. The number of nitrogens with zero attached hydrogens (tertiary/aromatic N) is 1. The minimum absolute atomic E-state index is 0.660. The molecule has 36 heavy (non-hydrogen) atoms. The highest BCUT2D eigenvalue weighted by molar-refractivity contribution is 5.79. The van der Waals surface area contributed by atoms with Gasteiger partial charge in [0, 0.05) is 36.0 Å². The lowest BCUT2D eigenvalue weighted by Gasteiger charge is -2.20. The molecule has 1 aromatic rings. The maximum absolute atomic E-state index is 6.72. The van der Waals surface area contributed by atoms with Gasteiger partial charge in [0.25, 0.3) is 0 Å². The van der Waals surface area contributed by atoms with Crippen LogP contribution < -0.4 is 10.5 Å². The summed E-state index contributed by atoms with van der Waals surface area (Å²) in [4.78, 5) is 2.49. The summed E-state index contributed by atoms with van der Waals surface area (Å²) < 4.78 is 6.72. The van der Waals surface area contributed by atoms with Crippen molar-refractivity contribution in [3.05, 3.63) is 94.5 Å². The van der Waals surface area contributed by atoms with Crippen molar-refractivity contribution in [2.75, 3.05) is 19.6 Å². The second-order valence-corrected chi connectivity index (χ2v) is 9.95. The first-order valence-electron chi connectivity index (χ1n) is 13.6. The van der Waals surface area contributed by atoms with Crippen molar-refractivity contribution < 1.29 is 4.74 Å². The molecule has 0 bridgehead atoms. The van der Waals surface area contributed by atoms with E-state index in [-0.39, 0.29) is 0 Å². The highest BCUT2D eigenvalue weighted by atomic mass is 16.5. The molecule has 1 heterocycles.